The lowest BCUT2D eigenvalue weighted by atomic mass is 10.1. The third-order valence-electron chi connectivity index (χ3n) is 3.84. The van der Waals surface area contributed by atoms with Crippen LogP contribution in [0.5, 0.6) is 5.75 Å². The number of anilines is 1. The van der Waals surface area contributed by atoms with Gasteiger partial charge in [-0.3, -0.25) is 15.1 Å². The molecule has 4 nitrogen and oxygen atoms in total. The molecule has 3 rings (SSSR count). The number of aryl methyl sites for hydroxylation is 2. The molecule has 1 aliphatic rings. The second-order valence-corrected chi connectivity index (χ2v) is 6.65. The molecule has 1 saturated heterocycles. The Morgan fingerprint density at radius 2 is 1.83 bits per heavy atom. The fraction of sp³-hybridized carbons (Fsp3) is 0.158. The highest BCUT2D eigenvalue weighted by atomic mass is 32.2. The summed E-state index contributed by atoms with van der Waals surface area (Å²) < 4.78 is 5.14. The first-order chi connectivity index (χ1) is 11.5. The maximum Gasteiger partial charge on any atom is 0.271 e. The van der Waals surface area contributed by atoms with Crippen LogP contribution in [0.25, 0.3) is 6.08 Å². The molecule has 1 amide bonds. The van der Waals surface area contributed by atoms with Crippen molar-refractivity contribution < 1.29 is 9.53 Å². The van der Waals surface area contributed by atoms with E-state index in [-0.39, 0.29) is 11.1 Å². The lowest BCUT2D eigenvalue weighted by molar-refractivity contribution is -0.113. The van der Waals surface area contributed by atoms with Gasteiger partial charge >= 0.3 is 0 Å². The van der Waals surface area contributed by atoms with Gasteiger partial charge in [0.2, 0.25) is 0 Å². The summed E-state index contributed by atoms with van der Waals surface area (Å²) in [5, 5.41) is 8.44. The maximum atomic E-state index is 12.8. The van der Waals surface area contributed by atoms with E-state index in [1.165, 1.54) is 16.7 Å². The van der Waals surface area contributed by atoms with Crippen LogP contribution in [0, 0.1) is 19.3 Å². The zero-order valence-electron chi connectivity index (χ0n) is 13.8. The number of nitrogens with one attached hydrogen (secondary N) is 1. The van der Waals surface area contributed by atoms with Crippen molar-refractivity contribution in [2.24, 2.45) is 0 Å². The fourth-order valence-corrected chi connectivity index (χ4v) is 3.37. The van der Waals surface area contributed by atoms with E-state index >= 15 is 0 Å². The van der Waals surface area contributed by atoms with Crippen molar-refractivity contribution >= 4 is 34.6 Å². The summed E-state index contributed by atoms with van der Waals surface area (Å²) >= 11 is 1.19. The third-order valence-corrected chi connectivity index (χ3v) is 4.73. The molecule has 1 heterocycles. The van der Waals surface area contributed by atoms with Gasteiger partial charge in [0.15, 0.2) is 5.17 Å². The van der Waals surface area contributed by atoms with E-state index in [1.54, 1.807) is 7.11 Å². The number of methoxy groups -OCH3 is 1. The Kier molecular flexibility index (Phi) is 4.44. The van der Waals surface area contributed by atoms with E-state index in [9.17, 15) is 4.79 Å². The van der Waals surface area contributed by atoms with Crippen LogP contribution in [0.2, 0.25) is 0 Å². The first-order valence-electron chi connectivity index (χ1n) is 7.53. The van der Waals surface area contributed by atoms with Crippen molar-refractivity contribution in [1.82, 2.24) is 0 Å². The number of ether oxygens (including phenoxy) is 1. The van der Waals surface area contributed by atoms with Gasteiger partial charge in [-0.05, 0) is 66.6 Å². The zero-order chi connectivity index (χ0) is 17.3. The predicted octanol–water partition coefficient (Wildman–Crippen LogP) is 4.37. The molecule has 0 spiro atoms. The first kappa shape index (κ1) is 16.3. The normalized spacial score (nSPS) is 16.1. The highest BCUT2D eigenvalue weighted by Crippen LogP contribution is 2.36. The van der Waals surface area contributed by atoms with E-state index in [1.807, 2.05) is 62.4 Å². The molecule has 0 saturated carbocycles. The van der Waals surface area contributed by atoms with E-state index in [4.69, 9.17) is 10.1 Å². The molecule has 0 bridgehead atoms. The molecule has 2 aromatic rings. The molecule has 5 heteroatoms. The molecule has 0 aliphatic carbocycles. The van der Waals surface area contributed by atoms with Crippen LogP contribution in [0.3, 0.4) is 0 Å². The van der Waals surface area contributed by atoms with Crippen molar-refractivity contribution in [3.63, 3.8) is 0 Å². The van der Waals surface area contributed by atoms with Gasteiger partial charge in [0.25, 0.3) is 5.91 Å². The predicted molar refractivity (Wildman–Crippen MR) is 99.7 cm³/mol. The van der Waals surface area contributed by atoms with Crippen LogP contribution in [-0.4, -0.2) is 18.2 Å². The van der Waals surface area contributed by atoms with E-state index in [0.717, 1.165) is 28.1 Å². The lowest BCUT2D eigenvalue weighted by Crippen LogP contribution is -2.28. The SMILES string of the molecule is COc1ccc(/C=C2/SC(=N)N(c3cc(C)ccc3C)C2=O)cc1. The summed E-state index contributed by atoms with van der Waals surface area (Å²) in [6, 6.07) is 13.4. The molecule has 24 heavy (non-hydrogen) atoms. The number of nitrogens with zero attached hydrogens (tertiary/aromatic N) is 1. The summed E-state index contributed by atoms with van der Waals surface area (Å²) in [5.74, 6) is 0.613. The number of amides is 1. The summed E-state index contributed by atoms with van der Waals surface area (Å²) in [6.07, 6.45) is 1.81. The van der Waals surface area contributed by atoms with Gasteiger partial charge in [0, 0.05) is 0 Å². The number of benzene rings is 2. The van der Waals surface area contributed by atoms with Crippen molar-refractivity contribution in [1.29, 1.82) is 5.41 Å². The third kappa shape index (κ3) is 3.08. The van der Waals surface area contributed by atoms with Crippen molar-refractivity contribution in [3.8, 4) is 5.75 Å². The van der Waals surface area contributed by atoms with Crippen LogP contribution in [-0.2, 0) is 4.79 Å². The van der Waals surface area contributed by atoms with E-state index < -0.39 is 0 Å². The molecule has 1 N–H and O–H groups in total. The van der Waals surface area contributed by atoms with Gasteiger partial charge < -0.3 is 4.74 Å². The summed E-state index contributed by atoms with van der Waals surface area (Å²) in [5.41, 5.74) is 3.72. The molecule has 0 radical (unpaired) electrons. The monoisotopic (exact) mass is 338 g/mol. The highest BCUT2D eigenvalue weighted by molar-refractivity contribution is 8.19. The number of carbonyl (C=O) groups excluding carboxylic acids is 1. The van der Waals surface area contributed by atoms with Crippen molar-refractivity contribution in [3.05, 3.63) is 64.1 Å². The van der Waals surface area contributed by atoms with Crippen molar-refractivity contribution in [2.45, 2.75) is 13.8 Å². The van der Waals surface area contributed by atoms with Crippen molar-refractivity contribution in [2.75, 3.05) is 12.0 Å². The van der Waals surface area contributed by atoms with Gasteiger partial charge in [-0.15, -0.1) is 0 Å². The second-order valence-electron chi connectivity index (χ2n) is 5.62. The Labute approximate surface area is 145 Å². The van der Waals surface area contributed by atoms with Crippen LogP contribution >= 0.6 is 11.8 Å². The van der Waals surface area contributed by atoms with Gasteiger partial charge in [0.1, 0.15) is 5.75 Å². The second kappa shape index (κ2) is 6.53. The minimum absolute atomic E-state index is 0.158. The topological polar surface area (TPSA) is 53.4 Å². The molecular weight excluding hydrogens is 320 g/mol. The average molecular weight is 338 g/mol. The van der Waals surface area contributed by atoms with Gasteiger partial charge in [-0.1, -0.05) is 24.3 Å². The summed E-state index contributed by atoms with van der Waals surface area (Å²) in [4.78, 5) is 14.8. The molecule has 1 fully saturated rings. The van der Waals surface area contributed by atoms with Crippen LogP contribution in [0.1, 0.15) is 16.7 Å². The minimum Gasteiger partial charge on any atom is -0.497 e. The van der Waals surface area contributed by atoms with E-state index in [0.29, 0.717) is 4.91 Å². The Morgan fingerprint density at radius 1 is 1.12 bits per heavy atom. The smallest absolute Gasteiger partial charge is 0.271 e. The van der Waals surface area contributed by atoms with Crippen LogP contribution in [0.15, 0.2) is 47.4 Å². The minimum atomic E-state index is -0.158. The lowest BCUT2D eigenvalue weighted by Gasteiger charge is -2.17. The average Bonchev–Trinajstić information content (AvgIpc) is 2.84. The largest absolute Gasteiger partial charge is 0.497 e. The van der Waals surface area contributed by atoms with Crippen LogP contribution in [0.4, 0.5) is 5.69 Å². The Morgan fingerprint density at radius 3 is 2.50 bits per heavy atom. The quantitative estimate of drug-likeness (QED) is 0.846. The number of amidine groups is 1. The Balaban J connectivity index is 1.93. The molecule has 122 valence electrons. The van der Waals surface area contributed by atoms with E-state index in [2.05, 4.69) is 0 Å². The first-order valence-corrected chi connectivity index (χ1v) is 8.35. The van der Waals surface area contributed by atoms with Crippen LogP contribution < -0.4 is 9.64 Å². The standard InChI is InChI=1S/C19H18N2O2S/c1-12-4-5-13(2)16(10-12)21-18(22)17(24-19(21)20)11-14-6-8-15(23-3)9-7-14/h4-11,20H,1-3H3/b17-11+,20-19?. The highest BCUT2D eigenvalue weighted by Gasteiger charge is 2.34. The molecule has 0 aromatic heterocycles. The fourth-order valence-electron chi connectivity index (χ4n) is 2.52. The number of hydrogen-bond donors (Lipinski definition) is 1. The number of thioether (sulfide) groups is 1. The molecule has 0 atom stereocenters. The number of hydrogen-bond acceptors (Lipinski definition) is 4. The molecule has 0 unspecified atom stereocenters. The molecule has 1 aliphatic heterocycles. The summed E-state index contributed by atoms with van der Waals surface area (Å²) in [6.45, 7) is 3.93. The maximum absolute atomic E-state index is 12.8. The number of carbonyl (C=O) groups is 1. The summed E-state index contributed by atoms with van der Waals surface area (Å²) in [7, 11) is 1.62. The Hall–Kier alpha value is -2.53. The van der Waals surface area contributed by atoms with Gasteiger partial charge in [0.05, 0.1) is 17.7 Å². The van der Waals surface area contributed by atoms with Gasteiger partial charge in [-0.2, -0.15) is 0 Å². The molecular formula is C19H18N2O2S. The molecule has 2 aromatic carbocycles. The van der Waals surface area contributed by atoms with Gasteiger partial charge in [-0.25, -0.2) is 0 Å². The Bertz CT molecular complexity index is 841. The number of rotatable bonds is 3. The zero-order valence-corrected chi connectivity index (χ0v) is 14.6.